The number of hydrogen-bond acceptors (Lipinski definition) is 5. The summed E-state index contributed by atoms with van der Waals surface area (Å²) in [6.07, 6.45) is -0.218. The maximum Gasteiger partial charge on any atom is 0.297 e. The largest absolute Gasteiger partial charge is 0.359 e. The Morgan fingerprint density at radius 3 is 2.43 bits per heavy atom. The highest BCUT2D eigenvalue weighted by Gasteiger charge is 2.32. The fourth-order valence-electron chi connectivity index (χ4n) is 2.05. The summed E-state index contributed by atoms with van der Waals surface area (Å²) in [4.78, 5) is 2.33. The first-order valence-electron chi connectivity index (χ1n) is 7.01. The highest BCUT2D eigenvalue weighted by molar-refractivity contribution is 7.86. The summed E-state index contributed by atoms with van der Waals surface area (Å²) >= 11 is 0. The summed E-state index contributed by atoms with van der Waals surface area (Å²) < 4.78 is 34.9. The number of hydrogen-bond donors (Lipinski definition) is 0. The SMILES string of the molecule is Cc1ccc(S(=O)(=O)OCC2CN(C(C)(C)C)CO2)cc1. The van der Waals surface area contributed by atoms with E-state index in [2.05, 4.69) is 25.7 Å². The molecule has 2 rings (SSSR count). The molecule has 1 aromatic carbocycles. The van der Waals surface area contributed by atoms with Crippen LogP contribution < -0.4 is 0 Å². The second kappa shape index (κ2) is 6.04. The third kappa shape index (κ3) is 4.26. The lowest BCUT2D eigenvalue weighted by atomic mass is 10.1. The summed E-state index contributed by atoms with van der Waals surface area (Å²) in [5.74, 6) is 0. The van der Waals surface area contributed by atoms with Gasteiger partial charge >= 0.3 is 0 Å². The molecule has 0 aliphatic carbocycles. The lowest BCUT2D eigenvalue weighted by Crippen LogP contribution is -2.40. The van der Waals surface area contributed by atoms with Crippen molar-refractivity contribution in [2.45, 2.75) is 44.2 Å². The zero-order valence-corrected chi connectivity index (χ0v) is 13.8. The lowest BCUT2D eigenvalue weighted by molar-refractivity contribution is 0.0441. The van der Waals surface area contributed by atoms with Crippen LogP contribution in [0.3, 0.4) is 0 Å². The number of ether oxygens (including phenoxy) is 1. The van der Waals surface area contributed by atoms with Gasteiger partial charge in [-0.3, -0.25) is 9.08 Å². The number of aryl methyl sites for hydroxylation is 1. The average Bonchev–Trinajstić information content (AvgIpc) is 2.86. The van der Waals surface area contributed by atoms with E-state index in [0.29, 0.717) is 13.3 Å². The minimum absolute atomic E-state index is 0.00455. The molecule has 1 aliphatic heterocycles. The molecule has 0 spiro atoms. The van der Waals surface area contributed by atoms with Crippen molar-refractivity contribution in [2.24, 2.45) is 0 Å². The smallest absolute Gasteiger partial charge is 0.297 e. The van der Waals surface area contributed by atoms with E-state index in [9.17, 15) is 8.42 Å². The van der Waals surface area contributed by atoms with Gasteiger partial charge in [0.1, 0.15) is 6.73 Å². The monoisotopic (exact) mass is 313 g/mol. The molecule has 0 bridgehead atoms. The maximum atomic E-state index is 12.1. The van der Waals surface area contributed by atoms with Crippen LogP contribution in [0.25, 0.3) is 0 Å². The third-order valence-electron chi connectivity index (χ3n) is 3.56. The van der Waals surface area contributed by atoms with Gasteiger partial charge < -0.3 is 4.74 Å². The Bertz CT molecular complexity index is 575. The minimum Gasteiger partial charge on any atom is -0.359 e. The Balaban J connectivity index is 1.93. The number of benzene rings is 1. The Labute approximate surface area is 127 Å². The summed E-state index contributed by atoms with van der Waals surface area (Å²) in [7, 11) is -3.72. The molecule has 0 saturated carbocycles. The molecule has 1 aromatic rings. The molecule has 1 fully saturated rings. The van der Waals surface area contributed by atoms with Crippen molar-refractivity contribution in [3.63, 3.8) is 0 Å². The van der Waals surface area contributed by atoms with Gasteiger partial charge in [-0.05, 0) is 39.8 Å². The molecule has 1 aliphatic rings. The topological polar surface area (TPSA) is 55.8 Å². The Morgan fingerprint density at radius 2 is 1.90 bits per heavy atom. The van der Waals surface area contributed by atoms with Gasteiger partial charge in [-0.1, -0.05) is 17.7 Å². The summed E-state index contributed by atoms with van der Waals surface area (Å²) in [5.41, 5.74) is 1.01. The molecule has 1 unspecified atom stereocenters. The molecule has 0 radical (unpaired) electrons. The van der Waals surface area contributed by atoms with Crippen molar-refractivity contribution in [3.8, 4) is 0 Å². The van der Waals surface area contributed by atoms with E-state index < -0.39 is 10.1 Å². The maximum absolute atomic E-state index is 12.1. The predicted octanol–water partition coefficient (Wildman–Crippen LogP) is 2.16. The van der Waals surface area contributed by atoms with Gasteiger partial charge in [0.25, 0.3) is 10.1 Å². The van der Waals surface area contributed by atoms with Crippen LogP contribution in [0.1, 0.15) is 26.3 Å². The van der Waals surface area contributed by atoms with Gasteiger partial charge in [-0.25, -0.2) is 0 Å². The predicted molar refractivity (Wildman–Crippen MR) is 80.5 cm³/mol. The van der Waals surface area contributed by atoms with Gasteiger partial charge in [0.05, 0.1) is 17.6 Å². The van der Waals surface area contributed by atoms with E-state index in [-0.39, 0.29) is 23.1 Å². The molecular formula is C15H23NO4S. The van der Waals surface area contributed by atoms with Gasteiger partial charge in [0.15, 0.2) is 0 Å². The molecule has 0 aromatic heterocycles. The van der Waals surface area contributed by atoms with Crippen molar-refractivity contribution in [3.05, 3.63) is 29.8 Å². The molecule has 1 heterocycles. The summed E-state index contributed by atoms with van der Waals surface area (Å²) in [6.45, 7) is 9.43. The molecule has 0 N–H and O–H groups in total. The van der Waals surface area contributed by atoms with Gasteiger partial charge in [0, 0.05) is 12.1 Å². The van der Waals surface area contributed by atoms with Crippen molar-refractivity contribution in [1.82, 2.24) is 4.90 Å². The van der Waals surface area contributed by atoms with E-state index in [1.165, 1.54) is 0 Å². The van der Waals surface area contributed by atoms with Crippen LogP contribution in [-0.2, 0) is 19.0 Å². The summed E-state index contributed by atoms with van der Waals surface area (Å²) in [6, 6.07) is 6.62. The highest BCUT2D eigenvalue weighted by Crippen LogP contribution is 2.21. The van der Waals surface area contributed by atoms with Gasteiger partial charge in [0.2, 0.25) is 0 Å². The average molecular weight is 313 g/mol. The normalized spacial score (nSPS) is 20.9. The Morgan fingerprint density at radius 1 is 1.29 bits per heavy atom. The van der Waals surface area contributed by atoms with Gasteiger partial charge in [-0.15, -0.1) is 0 Å². The first kappa shape index (κ1) is 16.4. The number of rotatable bonds is 4. The van der Waals surface area contributed by atoms with E-state index in [1.54, 1.807) is 24.3 Å². The number of nitrogens with zero attached hydrogens (tertiary/aromatic N) is 1. The first-order chi connectivity index (χ1) is 9.68. The second-order valence-corrected chi connectivity index (χ2v) is 7.98. The van der Waals surface area contributed by atoms with E-state index in [1.807, 2.05) is 6.92 Å². The Hall–Kier alpha value is -0.950. The zero-order chi connectivity index (χ0) is 15.7. The second-order valence-electron chi connectivity index (χ2n) is 6.36. The molecular weight excluding hydrogens is 290 g/mol. The van der Waals surface area contributed by atoms with Crippen LogP contribution in [0.2, 0.25) is 0 Å². The fraction of sp³-hybridized carbons (Fsp3) is 0.600. The van der Waals surface area contributed by atoms with Crippen molar-refractivity contribution in [2.75, 3.05) is 19.9 Å². The van der Waals surface area contributed by atoms with Crippen molar-refractivity contribution in [1.29, 1.82) is 0 Å². The molecule has 21 heavy (non-hydrogen) atoms. The van der Waals surface area contributed by atoms with Crippen molar-refractivity contribution >= 4 is 10.1 Å². The van der Waals surface area contributed by atoms with Gasteiger partial charge in [-0.2, -0.15) is 8.42 Å². The van der Waals surface area contributed by atoms with Crippen LogP contribution in [0.5, 0.6) is 0 Å². The molecule has 1 atom stereocenters. The molecule has 6 heteroatoms. The lowest BCUT2D eigenvalue weighted by Gasteiger charge is -2.29. The van der Waals surface area contributed by atoms with Crippen LogP contribution in [0.15, 0.2) is 29.2 Å². The van der Waals surface area contributed by atoms with E-state index in [0.717, 1.165) is 5.56 Å². The van der Waals surface area contributed by atoms with E-state index >= 15 is 0 Å². The first-order valence-corrected chi connectivity index (χ1v) is 8.42. The van der Waals surface area contributed by atoms with Crippen molar-refractivity contribution < 1.29 is 17.3 Å². The third-order valence-corrected chi connectivity index (χ3v) is 4.85. The van der Waals surface area contributed by atoms with Crippen LogP contribution in [0, 0.1) is 6.92 Å². The zero-order valence-electron chi connectivity index (χ0n) is 13.0. The quantitative estimate of drug-likeness (QED) is 0.797. The molecule has 5 nitrogen and oxygen atoms in total. The standard InChI is InChI=1S/C15H23NO4S/c1-12-5-7-14(8-6-12)21(17,18)20-10-13-9-16(11-19-13)15(2,3)4/h5-8,13H,9-11H2,1-4H3. The minimum atomic E-state index is -3.72. The van der Waals surface area contributed by atoms with Crippen LogP contribution >= 0.6 is 0 Å². The molecule has 118 valence electrons. The summed E-state index contributed by atoms with van der Waals surface area (Å²) in [5, 5.41) is 0. The Kier molecular flexibility index (Phi) is 4.72. The van der Waals surface area contributed by atoms with E-state index in [4.69, 9.17) is 8.92 Å². The fourth-order valence-corrected chi connectivity index (χ4v) is 2.99. The highest BCUT2D eigenvalue weighted by atomic mass is 32.2. The molecule has 0 amide bonds. The van der Waals surface area contributed by atoms with Crippen LogP contribution in [0.4, 0.5) is 0 Å². The molecule has 1 saturated heterocycles. The van der Waals surface area contributed by atoms with Crippen LogP contribution in [-0.4, -0.2) is 44.8 Å².